The van der Waals surface area contributed by atoms with Gasteiger partial charge in [0.1, 0.15) is 0 Å². The Morgan fingerprint density at radius 2 is 1.00 bits per heavy atom. The Kier molecular flexibility index (Phi) is 9.81. The number of ether oxygens (including phenoxy) is 2. The smallest absolute Gasteiger partial charge is 0.310 e. The molecule has 4 aliphatic heterocycles. The second-order valence-electron chi connectivity index (χ2n) is 16.7. The summed E-state index contributed by atoms with van der Waals surface area (Å²) in [6, 6.07) is 0. The van der Waals surface area contributed by atoms with Crippen molar-refractivity contribution in [3.8, 4) is 0 Å². The fourth-order valence-corrected chi connectivity index (χ4v) is 13.1. The SMILES string of the molecule is CC1C2CCC(CC2)OC2CCCC(C2)C(C)C1(CCC(=O)O)C1(C(=O)O)C(C)C2CCC(CC2)OC2CCCC(C2)C1C. The van der Waals surface area contributed by atoms with Crippen LogP contribution >= 0.6 is 0 Å². The van der Waals surface area contributed by atoms with Crippen LogP contribution in [0.4, 0.5) is 0 Å². The maximum Gasteiger partial charge on any atom is 0.310 e. The van der Waals surface area contributed by atoms with Gasteiger partial charge < -0.3 is 19.7 Å². The summed E-state index contributed by atoms with van der Waals surface area (Å²) in [4.78, 5) is 27.4. The van der Waals surface area contributed by atoms with Crippen molar-refractivity contribution in [2.75, 3.05) is 0 Å². The zero-order chi connectivity index (χ0) is 31.2. The number of carbonyl (C=O) groups is 2. The number of rotatable bonds is 5. The van der Waals surface area contributed by atoms with E-state index in [2.05, 4.69) is 27.7 Å². The Labute approximate surface area is 266 Å². The van der Waals surface area contributed by atoms with Crippen LogP contribution in [0.15, 0.2) is 0 Å². The highest BCUT2D eigenvalue weighted by Crippen LogP contribution is 2.69. The van der Waals surface area contributed by atoms with Crippen LogP contribution in [0.3, 0.4) is 0 Å². The van der Waals surface area contributed by atoms with Crippen LogP contribution < -0.4 is 0 Å². The third-order valence-electron chi connectivity index (χ3n) is 15.3. The van der Waals surface area contributed by atoms with Gasteiger partial charge in [0.05, 0.1) is 29.8 Å². The van der Waals surface area contributed by atoms with Crippen molar-refractivity contribution in [1.29, 1.82) is 0 Å². The zero-order valence-electron chi connectivity index (χ0n) is 28.2. The van der Waals surface area contributed by atoms with E-state index in [0.29, 0.717) is 36.4 Å². The van der Waals surface area contributed by atoms with Gasteiger partial charge in [-0.05, 0) is 149 Å². The number of carboxylic acids is 2. The molecule has 0 aromatic heterocycles. The first-order valence-electron chi connectivity index (χ1n) is 18.8. The molecule has 4 saturated heterocycles. The molecule has 4 saturated carbocycles. The van der Waals surface area contributed by atoms with Crippen LogP contribution in [0.2, 0.25) is 0 Å². The number of carboxylic acid groups (broad SMARTS) is 2. The van der Waals surface area contributed by atoms with Gasteiger partial charge in [-0.25, -0.2) is 0 Å². The third-order valence-corrected chi connectivity index (χ3v) is 15.3. The molecule has 8 bridgehead atoms. The van der Waals surface area contributed by atoms with Crippen LogP contribution in [-0.2, 0) is 19.1 Å². The maximum absolute atomic E-state index is 14.8. The van der Waals surface area contributed by atoms with Gasteiger partial charge in [-0.1, -0.05) is 40.5 Å². The minimum Gasteiger partial charge on any atom is -0.481 e. The van der Waals surface area contributed by atoms with Crippen molar-refractivity contribution in [3.63, 3.8) is 0 Å². The standard InChI is InChI=1S/C38H62O6/c1-23-27-11-15-31(16-12-27)43-33-9-5-7-29(21-33)24(2)37(23,20-19-35(39)40)38(36(41)42)25(3)28-13-17-32(18-14-28)44-34-10-6-8-30(22-34)26(38)4/h23-34H,5-22H2,1-4H3,(H,39,40)(H,41,42). The fraction of sp³-hybridized carbons (Fsp3) is 0.947. The van der Waals surface area contributed by atoms with E-state index in [9.17, 15) is 19.8 Å². The van der Waals surface area contributed by atoms with E-state index in [1.807, 2.05) is 0 Å². The van der Waals surface area contributed by atoms with Crippen molar-refractivity contribution in [2.45, 2.75) is 168 Å². The lowest BCUT2D eigenvalue weighted by Crippen LogP contribution is -2.65. The first-order valence-corrected chi connectivity index (χ1v) is 18.8. The molecule has 6 nitrogen and oxygen atoms in total. The molecule has 0 amide bonds. The molecule has 8 aliphatic rings. The molecule has 10 atom stereocenters. The quantitative estimate of drug-likeness (QED) is 0.322. The van der Waals surface area contributed by atoms with Crippen molar-refractivity contribution in [1.82, 2.24) is 0 Å². The second-order valence-corrected chi connectivity index (χ2v) is 16.7. The highest BCUT2D eigenvalue weighted by Gasteiger charge is 2.69. The summed E-state index contributed by atoms with van der Waals surface area (Å²) in [5, 5.41) is 22.5. The van der Waals surface area contributed by atoms with Gasteiger partial charge in [0.2, 0.25) is 0 Å². The molecule has 0 spiro atoms. The van der Waals surface area contributed by atoms with E-state index in [1.54, 1.807) is 0 Å². The van der Waals surface area contributed by atoms with Crippen molar-refractivity contribution < 1.29 is 29.3 Å². The van der Waals surface area contributed by atoms with Gasteiger partial charge in [-0.3, -0.25) is 9.59 Å². The molecule has 6 heteroatoms. The molecule has 0 aromatic rings. The molecule has 44 heavy (non-hydrogen) atoms. The molecule has 4 aliphatic carbocycles. The minimum atomic E-state index is -1.01. The largest absolute Gasteiger partial charge is 0.481 e. The first-order chi connectivity index (χ1) is 21.1. The summed E-state index contributed by atoms with van der Waals surface area (Å²) >= 11 is 0. The van der Waals surface area contributed by atoms with Gasteiger partial charge in [-0.15, -0.1) is 0 Å². The molecular formula is C38H62O6. The van der Waals surface area contributed by atoms with Crippen LogP contribution in [0.25, 0.3) is 0 Å². The normalized spacial score (nSPS) is 49.8. The maximum atomic E-state index is 14.8. The summed E-state index contributed by atoms with van der Waals surface area (Å²) in [5.74, 6) is 0.123. The average Bonchev–Trinajstić information content (AvgIpc) is 3.04. The third kappa shape index (κ3) is 5.58. The molecule has 250 valence electrons. The Bertz CT molecular complexity index is 1010. The minimum absolute atomic E-state index is 0.0229. The summed E-state index contributed by atoms with van der Waals surface area (Å²) in [7, 11) is 0. The zero-order valence-corrected chi connectivity index (χ0v) is 28.2. The molecule has 8 rings (SSSR count). The molecule has 4 heterocycles. The first kappa shape index (κ1) is 32.8. The van der Waals surface area contributed by atoms with Gasteiger partial charge >= 0.3 is 11.9 Å². The number of hydrogen-bond acceptors (Lipinski definition) is 4. The highest BCUT2D eigenvalue weighted by atomic mass is 16.5. The van der Waals surface area contributed by atoms with Gasteiger partial charge in [-0.2, -0.15) is 0 Å². The summed E-state index contributed by atoms with van der Waals surface area (Å²) < 4.78 is 13.6. The lowest BCUT2D eigenvalue weighted by molar-refractivity contribution is -0.215. The predicted molar refractivity (Wildman–Crippen MR) is 171 cm³/mol. The molecule has 8 fully saturated rings. The van der Waals surface area contributed by atoms with Crippen LogP contribution in [0, 0.1) is 58.2 Å². The Morgan fingerprint density at radius 1 is 0.568 bits per heavy atom. The number of aliphatic carboxylic acids is 2. The lowest BCUT2D eigenvalue weighted by atomic mass is 9.38. The van der Waals surface area contributed by atoms with E-state index in [0.717, 1.165) is 103 Å². The number of fused-ring (bicyclic) bond motifs is 9. The van der Waals surface area contributed by atoms with Crippen LogP contribution in [0.1, 0.15) is 143 Å². The monoisotopic (exact) mass is 614 g/mol. The Morgan fingerprint density at radius 3 is 1.48 bits per heavy atom. The number of hydrogen-bond donors (Lipinski definition) is 2. The van der Waals surface area contributed by atoms with E-state index < -0.39 is 22.8 Å². The lowest BCUT2D eigenvalue weighted by Gasteiger charge is -2.65. The summed E-state index contributed by atoms with van der Waals surface area (Å²) in [6.07, 6.45) is 18.4. The van der Waals surface area contributed by atoms with Crippen molar-refractivity contribution in [3.05, 3.63) is 0 Å². The van der Waals surface area contributed by atoms with Gasteiger partial charge in [0.15, 0.2) is 0 Å². The van der Waals surface area contributed by atoms with Crippen LogP contribution in [0.5, 0.6) is 0 Å². The van der Waals surface area contributed by atoms with Crippen LogP contribution in [-0.4, -0.2) is 46.6 Å². The Balaban J connectivity index is 1.60. The topological polar surface area (TPSA) is 93.1 Å². The molecule has 2 N–H and O–H groups in total. The average molecular weight is 615 g/mol. The van der Waals surface area contributed by atoms with Crippen molar-refractivity contribution in [2.24, 2.45) is 58.2 Å². The highest BCUT2D eigenvalue weighted by molar-refractivity contribution is 5.77. The van der Waals surface area contributed by atoms with E-state index in [-0.39, 0.29) is 48.2 Å². The van der Waals surface area contributed by atoms with Gasteiger partial charge in [0, 0.05) is 6.42 Å². The fourth-order valence-electron chi connectivity index (χ4n) is 13.1. The second kappa shape index (κ2) is 13.2. The van der Waals surface area contributed by atoms with Gasteiger partial charge in [0.25, 0.3) is 0 Å². The molecule has 10 unspecified atom stereocenters. The molecule has 0 radical (unpaired) electrons. The van der Waals surface area contributed by atoms with E-state index >= 15 is 0 Å². The summed E-state index contributed by atoms with van der Waals surface area (Å²) in [5.41, 5.74) is -1.63. The van der Waals surface area contributed by atoms with E-state index in [4.69, 9.17) is 9.47 Å². The Hall–Kier alpha value is -1.14. The molecule has 0 aromatic carbocycles. The predicted octanol–water partition coefficient (Wildman–Crippen LogP) is 8.75. The summed E-state index contributed by atoms with van der Waals surface area (Å²) in [6.45, 7) is 9.39. The molecular weight excluding hydrogens is 552 g/mol. The van der Waals surface area contributed by atoms with Crippen molar-refractivity contribution >= 4 is 11.9 Å². The van der Waals surface area contributed by atoms with E-state index in [1.165, 1.54) is 0 Å².